The Morgan fingerprint density at radius 2 is 1.39 bits per heavy atom. The number of para-hydroxylation sites is 1. The molecule has 0 saturated heterocycles. The van der Waals surface area contributed by atoms with Crippen molar-refractivity contribution in [1.29, 1.82) is 0 Å². The number of carbonyl (C=O) groups is 2. The van der Waals surface area contributed by atoms with E-state index in [1.807, 2.05) is 60.7 Å². The van der Waals surface area contributed by atoms with Crippen LogP contribution in [0.4, 0.5) is 10.5 Å². The van der Waals surface area contributed by atoms with Gasteiger partial charge in [0.05, 0.1) is 5.56 Å². The van der Waals surface area contributed by atoms with E-state index in [0.717, 1.165) is 11.1 Å². The van der Waals surface area contributed by atoms with Crippen LogP contribution < -0.4 is 10.1 Å². The van der Waals surface area contributed by atoms with Gasteiger partial charge in [-0.15, -0.1) is 0 Å². The maximum absolute atomic E-state index is 12.2. The summed E-state index contributed by atoms with van der Waals surface area (Å²) in [6.07, 6.45) is -0.762. The van der Waals surface area contributed by atoms with Crippen LogP contribution in [0, 0.1) is 0 Å². The second-order valence-corrected chi connectivity index (χ2v) is 5.94. The molecule has 1 amide bonds. The van der Waals surface area contributed by atoms with Gasteiger partial charge in [-0.3, -0.25) is 5.32 Å². The minimum Gasteiger partial charge on any atom is -0.487 e. The average molecular weight is 377 g/mol. The van der Waals surface area contributed by atoms with E-state index >= 15 is 0 Å². The summed E-state index contributed by atoms with van der Waals surface area (Å²) in [5.41, 5.74) is 1.72. The minimum absolute atomic E-state index is 0.0593. The molecule has 0 atom stereocenters. The van der Waals surface area contributed by atoms with Gasteiger partial charge in [0.15, 0.2) is 0 Å². The quantitative estimate of drug-likeness (QED) is 0.623. The molecule has 3 aromatic carbocycles. The molecular formula is C22H19NO5. The van der Waals surface area contributed by atoms with Crippen LogP contribution in [0.5, 0.6) is 5.75 Å². The lowest BCUT2D eigenvalue weighted by Crippen LogP contribution is -2.17. The van der Waals surface area contributed by atoms with Gasteiger partial charge in [0.2, 0.25) is 0 Å². The van der Waals surface area contributed by atoms with Crippen molar-refractivity contribution >= 4 is 17.7 Å². The Morgan fingerprint density at radius 3 is 2.00 bits per heavy atom. The maximum atomic E-state index is 12.2. The molecule has 2 N–H and O–H groups in total. The van der Waals surface area contributed by atoms with Crippen LogP contribution in [0.15, 0.2) is 78.9 Å². The third-order valence-electron chi connectivity index (χ3n) is 3.93. The first-order valence-corrected chi connectivity index (χ1v) is 8.64. The zero-order valence-electron chi connectivity index (χ0n) is 15.0. The second kappa shape index (κ2) is 9.23. The van der Waals surface area contributed by atoms with Crippen LogP contribution >= 0.6 is 0 Å². The van der Waals surface area contributed by atoms with Crippen molar-refractivity contribution in [3.8, 4) is 5.75 Å². The number of carboxylic acid groups (broad SMARTS) is 1. The van der Waals surface area contributed by atoms with E-state index in [4.69, 9.17) is 9.47 Å². The lowest BCUT2D eigenvalue weighted by Gasteiger charge is -2.15. The highest BCUT2D eigenvalue weighted by Crippen LogP contribution is 2.30. The summed E-state index contributed by atoms with van der Waals surface area (Å²) in [7, 11) is 0. The highest BCUT2D eigenvalue weighted by atomic mass is 16.5. The second-order valence-electron chi connectivity index (χ2n) is 5.94. The van der Waals surface area contributed by atoms with Crippen LogP contribution in [-0.4, -0.2) is 17.2 Å². The third kappa shape index (κ3) is 5.11. The Kier molecular flexibility index (Phi) is 6.25. The Bertz CT molecular complexity index is 942. The van der Waals surface area contributed by atoms with Gasteiger partial charge in [0, 0.05) is 0 Å². The molecule has 3 rings (SSSR count). The number of amides is 1. The highest BCUT2D eigenvalue weighted by Gasteiger charge is 2.18. The molecule has 0 heterocycles. The van der Waals surface area contributed by atoms with Gasteiger partial charge in [-0.05, 0) is 23.3 Å². The van der Waals surface area contributed by atoms with Crippen molar-refractivity contribution in [2.45, 2.75) is 13.2 Å². The number of anilines is 1. The number of benzene rings is 3. The molecule has 142 valence electrons. The Labute approximate surface area is 162 Å². The SMILES string of the molecule is O=C(Nc1c(OCc2ccccc2)cccc1C(=O)O)OCc1ccccc1. The van der Waals surface area contributed by atoms with Gasteiger partial charge in [-0.2, -0.15) is 0 Å². The summed E-state index contributed by atoms with van der Waals surface area (Å²) in [6, 6.07) is 23.2. The Hall–Kier alpha value is -3.80. The lowest BCUT2D eigenvalue weighted by atomic mass is 10.1. The molecular weight excluding hydrogens is 358 g/mol. The average Bonchev–Trinajstić information content (AvgIpc) is 2.73. The lowest BCUT2D eigenvalue weighted by molar-refractivity contribution is 0.0697. The first kappa shape index (κ1) is 19.0. The number of aromatic carboxylic acids is 1. The molecule has 0 aromatic heterocycles. The standard InChI is InChI=1S/C22H19NO5/c24-21(25)18-12-7-13-19(27-14-16-8-3-1-4-9-16)20(18)23-22(26)28-15-17-10-5-2-6-11-17/h1-13H,14-15H2,(H,23,26)(H,24,25). The Balaban J connectivity index is 1.73. The zero-order valence-corrected chi connectivity index (χ0v) is 15.0. The van der Waals surface area contributed by atoms with Crippen LogP contribution in [0.25, 0.3) is 0 Å². The molecule has 6 heteroatoms. The Morgan fingerprint density at radius 1 is 0.786 bits per heavy atom. The number of ether oxygens (including phenoxy) is 2. The van der Waals surface area contributed by atoms with E-state index in [1.54, 1.807) is 12.1 Å². The van der Waals surface area contributed by atoms with E-state index < -0.39 is 12.1 Å². The van der Waals surface area contributed by atoms with Crippen LogP contribution in [-0.2, 0) is 18.0 Å². The fourth-order valence-corrected chi connectivity index (χ4v) is 2.56. The number of rotatable bonds is 7. The molecule has 3 aromatic rings. The van der Waals surface area contributed by atoms with Gasteiger partial charge in [-0.25, -0.2) is 9.59 Å². The predicted molar refractivity (Wildman–Crippen MR) is 104 cm³/mol. The smallest absolute Gasteiger partial charge is 0.412 e. The van der Waals surface area contributed by atoms with E-state index in [1.165, 1.54) is 6.07 Å². The molecule has 0 aliphatic rings. The summed E-state index contributed by atoms with van der Waals surface area (Å²) in [4.78, 5) is 23.8. The molecule has 0 aliphatic carbocycles. The van der Waals surface area contributed by atoms with Gasteiger partial charge in [0.1, 0.15) is 24.7 Å². The zero-order chi connectivity index (χ0) is 19.8. The molecule has 0 radical (unpaired) electrons. The first-order chi connectivity index (χ1) is 13.6. The summed E-state index contributed by atoms with van der Waals surface area (Å²) < 4.78 is 10.9. The molecule has 0 unspecified atom stereocenters. The van der Waals surface area contributed by atoms with E-state index in [-0.39, 0.29) is 30.2 Å². The maximum Gasteiger partial charge on any atom is 0.412 e. The fraction of sp³-hybridized carbons (Fsp3) is 0.0909. The predicted octanol–water partition coefficient (Wildman–Crippen LogP) is 4.71. The van der Waals surface area contributed by atoms with Gasteiger partial charge in [0.25, 0.3) is 0 Å². The van der Waals surface area contributed by atoms with Crippen LogP contribution in [0.2, 0.25) is 0 Å². The molecule has 0 fully saturated rings. The number of hydrogen-bond acceptors (Lipinski definition) is 4. The largest absolute Gasteiger partial charge is 0.487 e. The summed E-state index contributed by atoms with van der Waals surface area (Å²) in [5.74, 6) is -0.927. The molecule has 0 saturated carbocycles. The highest BCUT2D eigenvalue weighted by molar-refractivity contribution is 6.00. The third-order valence-corrected chi connectivity index (χ3v) is 3.93. The molecule has 28 heavy (non-hydrogen) atoms. The van der Waals surface area contributed by atoms with E-state index in [2.05, 4.69) is 5.32 Å². The first-order valence-electron chi connectivity index (χ1n) is 8.64. The summed E-state index contributed by atoms with van der Waals surface area (Å²) in [5, 5.41) is 11.9. The van der Waals surface area contributed by atoms with Crippen molar-refractivity contribution in [2.75, 3.05) is 5.32 Å². The van der Waals surface area contributed by atoms with Crippen LogP contribution in [0.1, 0.15) is 21.5 Å². The van der Waals surface area contributed by atoms with Gasteiger partial charge in [-0.1, -0.05) is 66.7 Å². The molecule has 0 spiro atoms. The van der Waals surface area contributed by atoms with Gasteiger partial charge < -0.3 is 14.6 Å². The monoisotopic (exact) mass is 377 g/mol. The molecule has 0 bridgehead atoms. The summed E-state index contributed by atoms with van der Waals surface area (Å²) >= 11 is 0. The van der Waals surface area contributed by atoms with Crippen molar-refractivity contribution in [3.63, 3.8) is 0 Å². The summed E-state index contributed by atoms with van der Waals surface area (Å²) in [6.45, 7) is 0.305. The molecule has 0 aliphatic heterocycles. The topological polar surface area (TPSA) is 84.9 Å². The van der Waals surface area contributed by atoms with E-state index in [0.29, 0.717) is 0 Å². The molecule has 6 nitrogen and oxygen atoms in total. The number of hydrogen-bond donors (Lipinski definition) is 2. The van der Waals surface area contributed by atoms with Gasteiger partial charge >= 0.3 is 12.1 Å². The van der Waals surface area contributed by atoms with E-state index in [9.17, 15) is 14.7 Å². The van der Waals surface area contributed by atoms with Crippen molar-refractivity contribution in [2.24, 2.45) is 0 Å². The fourth-order valence-electron chi connectivity index (χ4n) is 2.56. The normalized spacial score (nSPS) is 10.1. The van der Waals surface area contributed by atoms with Crippen molar-refractivity contribution in [1.82, 2.24) is 0 Å². The van der Waals surface area contributed by atoms with Crippen molar-refractivity contribution in [3.05, 3.63) is 95.6 Å². The number of nitrogens with one attached hydrogen (secondary N) is 1. The van der Waals surface area contributed by atoms with Crippen LogP contribution in [0.3, 0.4) is 0 Å². The number of carbonyl (C=O) groups excluding carboxylic acids is 1. The van der Waals surface area contributed by atoms with Crippen molar-refractivity contribution < 1.29 is 24.2 Å². The minimum atomic E-state index is -1.18. The number of carboxylic acids is 1.